The van der Waals surface area contributed by atoms with Crippen molar-refractivity contribution < 1.29 is 9.15 Å². The fourth-order valence-corrected chi connectivity index (χ4v) is 1.98. The summed E-state index contributed by atoms with van der Waals surface area (Å²) in [5, 5.41) is 0. The standard InChI is InChI=1S/C18H15NO2/c1-20-16-10-7-14(8-11-16)9-12-18-19-13-17(21-18)15-5-3-2-4-6-15/h2-13H,1H3/b12-9-. The number of benzene rings is 2. The smallest absolute Gasteiger partial charge is 0.219 e. The molecule has 0 fully saturated rings. The summed E-state index contributed by atoms with van der Waals surface area (Å²) in [6.07, 6.45) is 5.55. The van der Waals surface area contributed by atoms with Crippen LogP contribution in [0.4, 0.5) is 0 Å². The third-order valence-electron chi connectivity index (χ3n) is 3.12. The van der Waals surface area contributed by atoms with Gasteiger partial charge in [-0.25, -0.2) is 4.98 Å². The van der Waals surface area contributed by atoms with Crippen molar-refractivity contribution in [1.29, 1.82) is 0 Å². The Kier molecular flexibility index (Phi) is 3.83. The summed E-state index contributed by atoms with van der Waals surface area (Å²) < 4.78 is 10.8. The number of aromatic nitrogens is 1. The van der Waals surface area contributed by atoms with Crippen LogP contribution >= 0.6 is 0 Å². The van der Waals surface area contributed by atoms with Gasteiger partial charge in [0.05, 0.1) is 13.3 Å². The van der Waals surface area contributed by atoms with Crippen molar-refractivity contribution in [3.8, 4) is 17.1 Å². The highest BCUT2D eigenvalue weighted by Gasteiger charge is 2.03. The first-order chi connectivity index (χ1) is 10.3. The van der Waals surface area contributed by atoms with Gasteiger partial charge in [0.2, 0.25) is 5.89 Å². The lowest BCUT2D eigenvalue weighted by Crippen LogP contribution is -1.81. The van der Waals surface area contributed by atoms with Gasteiger partial charge in [-0.15, -0.1) is 0 Å². The van der Waals surface area contributed by atoms with E-state index in [2.05, 4.69) is 4.98 Å². The fraction of sp³-hybridized carbons (Fsp3) is 0.0556. The summed E-state index contributed by atoms with van der Waals surface area (Å²) in [5.74, 6) is 2.20. The maximum atomic E-state index is 5.71. The van der Waals surface area contributed by atoms with E-state index >= 15 is 0 Å². The van der Waals surface area contributed by atoms with Gasteiger partial charge in [0.1, 0.15) is 5.75 Å². The Morgan fingerprint density at radius 3 is 2.43 bits per heavy atom. The summed E-state index contributed by atoms with van der Waals surface area (Å²) >= 11 is 0. The van der Waals surface area contributed by atoms with E-state index in [0.29, 0.717) is 5.89 Å². The second kappa shape index (κ2) is 6.09. The molecule has 0 amide bonds. The minimum Gasteiger partial charge on any atom is -0.497 e. The van der Waals surface area contributed by atoms with Crippen molar-refractivity contribution in [2.75, 3.05) is 7.11 Å². The first-order valence-corrected chi connectivity index (χ1v) is 6.68. The zero-order valence-corrected chi connectivity index (χ0v) is 11.7. The summed E-state index contributed by atoms with van der Waals surface area (Å²) in [7, 11) is 1.66. The minimum atomic E-state index is 0.588. The number of nitrogens with zero attached hydrogens (tertiary/aromatic N) is 1. The normalized spacial score (nSPS) is 10.9. The van der Waals surface area contributed by atoms with E-state index in [-0.39, 0.29) is 0 Å². The van der Waals surface area contributed by atoms with Crippen LogP contribution in [0.5, 0.6) is 5.75 Å². The number of hydrogen-bond donors (Lipinski definition) is 0. The molecule has 0 unspecified atom stereocenters. The van der Waals surface area contributed by atoms with E-state index in [1.165, 1.54) is 0 Å². The first-order valence-electron chi connectivity index (χ1n) is 6.68. The number of hydrogen-bond acceptors (Lipinski definition) is 3. The average molecular weight is 277 g/mol. The number of rotatable bonds is 4. The Morgan fingerprint density at radius 2 is 1.71 bits per heavy atom. The predicted molar refractivity (Wildman–Crippen MR) is 83.9 cm³/mol. The molecule has 3 heteroatoms. The topological polar surface area (TPSA) is 35.3 Å². The summed E-state index contributed by atoms with van der Waals surface area (Å²) in [4.78, 5) is 4.26. The Morgan fingerprint density at radius 1 is 0.952 bits per heavy atom. The molecule has 3 aromatic rings. The molecule has 0 aliphatic carbocycles. The predicted octanol–water partition coefficient (Wildman–Crippen LogP) is 4.52. The van der Waals surface area contributed by atoms with Crippen LogP contribution in [0.25, 0.3) is 23.5 Å². The fourth-order valence-electron chi connectivity index (χ4n) is 1.98. The summed E-state index contributed by atoms with van der Waals surface area (Å²) in [6.45, 7) is 0. The Bertz CT molecular complexity index is 727. The molecule has 104 valence electrons. The second-order valence-electron chi connectivity index (χ2n) is 4.54. The van der Waals surface area contributed by atoms with Crippen molar-refractivity contribution in [2.45, 2.75) is 0 Å². The van der Waals surface area contributed by atoms with Gasteiger partial charge in [-0.3, -0.25) is 0 Å². The van der Waals surface area contributed by atoms with E-state index < -0.39 is 0 Å². The van der Waals surface area contributed by atoms with Gasteiger partial charge in [-0.2, -0.15) is 0 Å². The Balaban J connectivity index is 1.76. The molecule has 0 spiro atoms. The van der Waals surface area contributed by atoms with Gasteiger partial charge >= 0.3 is 0 Å². The average Bonchev–Trinajstić information content (AvgIpc) is 3.03. The molecule has 3 rings (SSSR count). The van der Waals surface area contributed by atoms with Crippen molar-refractivity contribution in [2.24, 2.45) is 0 Å². The van der Waals surface area contributed by atoms with Gasteiger partial charge in [0, 0.05) is 11.6 Å². The molecular formula is C18H15NO2. The lowest BCUT2D eigenvalue weighted by Gasteiger charge is -1.98. The van der Waals surface area contributed by atoms with Gasteiger partial charge in [-0.1, -0.05) is 42.5 Å². The SMILES string of the molecule is COc1ccc(/C=C\c2ncc(-c3ccccc3)o2)cc1. The molecule has 0 aliphatic rings. The van der Waals surface area contributed by atoms with E-state index in [4.69, 9.17) is 9.15 Å². The molecule has 3 nitrogen and oxygen atoms in total. The lowest BCUT2D eigenvalue weighted by atomic mass is 10.2. The molecule has 1 aromatic heterocycles. The molecule has 21 heavy (non-hydrogen) atoms. The molecular weight excluding hydrogens is 262 g/mol. The van der Waals surface area contributed by atoms with Crippen LogP contribution in [0.3, 0.4) is 0 Å². The van der Waals surface area contributed by atoms with Crippen LogP contribution in [0, 0.1) is 0 Å². The molecule has 1 heterocycles. The summed E-state index contributed by atoms with van der Waals surface area (Å²) in [6, 6.07) is 17.7. The van der Waals surface area contributed by atoms with Crippen LogP contribution in [-0.2, 0) is 0 Å². The van der Waals surface area contributed by atoms with Crippen LogP contribution in [0.2, 0.25) is 0 Å². The number of oxazole rings is 1. The molecule has 0 bridgehead atoms. The third kappa shape index (κ3) is 3.20. The first kappa shape index (κ1) is 13.2. The van der Waals surface area contributed by atoms with E-state index in [1.807, 2.05) is 66.7 Å². The molecule has 0 radical (unpaired) electrons. The zero-order chi connectivity index (χ0) is 14.5. The monoisotopic (exact) mass is 277 g/mol. The van der Waals surface area contributed by atoms with E-state index in [1.54, 1.807) is 13.3 Å². The molecule has 0 saturated heterocycles. The van der Waals surface area contributed by atoms with Gasteiger partial charge in [0.15, 0.2) is 5.76 Å². The zero-order valence-electron chi connectivity index (χ0n) is 11.7. The summed E-state index contributed by atoms with van der Waals surface area (Å²) in [5.41, 5.74) is 2.09. The minimum absolute atomic E-state index is 0.588. The second-order valence-corrected chi connectivity index (χ2v) is 4.54. The van der Waals surface area contributed by atoms with Gasteiger partial charge in [0.25, 0.3) is 0 Å². The van der Waals surface area contributed by atoms with Gasteiger partial charge < -0.3 is 9.15 Å². The third-order valence-corrected chi connectivity index (χ3v) is 3.12. The van der Waals surface area contributed by atoms with Crippen molar-refractivity contribution in [3.63, 3.8) is 0 Å². The Hall–Kier alpha value is -2.81. The molecule has 0 saturated carbocycles. The number of methoxy groups -OCH3 is 1. The molecule has 2 aromatic carbocycles. The lowest BCUT2D eigenvalue weighted by molar-refractivity contribution is 0.415. The maximum absolute atomic E-state index is 5.71. The van der Waals surface area contributed by atoms with Crippen LogP contribution in [0.15, 0.2) is 65.2 Å². The van der Waals surface area contributed by atoms with Gasteiger partial charge in [-0.05, 0) is 23.8 Å². The van der Waals surface area contributed by atoms with Crippen molar-refractivity contribution in [1.82, 2.24) is 4.98 Å². The molecule has 0 atom stereocenters. The highest BCUT2D eigenvalue weighted by atomic mass is 16.5. The highest BCUT2D eigenvalue weighted by molar-refractivity contribution is 5.67. The van der Waals surface area contributed by atoms with Crippen LogP contribution < -0.4 is 4.74 Å². The highest BCUT2D eigenvalue weighted by Crippen LogP contribution is 2.21. The maximum Gasteiger partial charge on any atom is 0.219 e. The van der Waals surface area contributed by atoms with E-state index in [9.17, 15) is 0 Å². The quantitative estimate of drug-likeness (QED) is 0.703. The van der Waals surface area contributed by atoms with Crippen LogP contribution in [0.1, 0.15) is 11.5 Å². The largest absolute Gasteiger partial charge is 0.497 e. The molecule has 0 aliphatic heterocycles. The van der Waals surface area contributed by atoms with Crippen molar-refractivity contribution in [3.05, 3.63) is 72.2 Å². The molecule has 0 N–H and O–H groups in total. The number of ether oxygens (including phenoxy) is 1. The Labute approximate surface area is 123 Å². The van der Waals surface area contributed by atoms with Crippen LogP contribution in [-0.4, -0.2) is 12.1 Å². The van der Waals surface area contributed by atoms with Crippen molar-refractivity contribution >= 4 is 12.2 Å². The van der Waals surface area contributed by atoms with E-state index in [0.717, 1.165) is 22.6 Å².